The average molecular weight is 1380 g/mol. The summed E-state index contributed by atoms with van der Waals surface area (Å²) in [4.78, 5) is 0. The third kappa shape index (κ3) is 16.4. The van der Waals surface area contributed by atoms with E-state index in [0.29, 0.717) is 0 Å². The Morgan fingerprint density at radius 3 is 0.365 bits per heavy atom. The van der Waals surface area contributed by atoms with Crippen LogP contribution in [0.1, 0.15) is 0 Å². The lowest BCUT2D eigenvalue weighted by Gasteiger charge is -2.28. The molecule has 0 saturated heterocycles. The molecule has 0 N–H and O–H groups in total. The molecule has 60 heteroatoms. The van der Waals surface area contributed by atoms with E-state index in [2.05, 4.69) is 31.0 Å². The zero-order valence-corrected chi connectivity index (χ0v) is 42.7. The van der Waals surface area contributed by atoms with Gasteiger partial charge in [0.2, 0.25) is 0 Å². The fourth-order valence-electron chi connectivity index (χ4n) is 3.32. The van der Waals surface area contributed by atoms with Gasteiger partial charge in [0.05, 0.1) is 0 Å². The summed E-state index contributed by atoms with van der Waals surface area (Å²) < 4.78 is 541. The number of halogens is 24. The van der Waals surface area contributed by atoms with Gasteiger partial charge in [0.15, 0.2) is 0 Å². The van der Waals surface area contributed by atoms with Crippen molar-refractivity contribution in [3.8, 4) is 0 Å². The molecule has 0 fully saturated rings. The van der Waals surface area contributed by atoms with Crippen molar-refractivity contribution in [3.05, 3.63) is 12.1 Å². The predicted molar refractivity (Wildman–Crippen MR) is 182 cm³/mol. The van der Waals surface area contributed by atoms with Crippen LogP contribution in [0.5, 0.6) is 0 Å². The molecule has 0 radical (unpaired) electrons. The first kappa shape index (κ1) is 69.7. The molecule has 24 nitrogen and oxygen atoms in total. The molecule has 0 unspecified atom stereocenters. The molecule has 74 heavy (non-hydrogen) atoms. The molecule has 1 aromatic rings. The molecular formula is C14H6F24O24S8Si4. The second-order valence-corrected chi connectivity index (χ2v) is 33.7. The lowest BCUT2D eigenvalue weighted by molar-refractivity contribution is -0.0532. The summed E-state index contributed by atoms with van der Waals surface area (Å²) in [5, 5.41) is -14.9. The third-order valence-corrected chi connectivity index (χ3v) is 29.2. The van der Waals surface area contributed by atoms with Gasteiger partial charge in [-0.05, 0) is 20.7 Å². The van der Waals surface area contributed by atoms with Crippen molar-refractivity contribution < 1.29 is 204 Å². The van der Waals surface area contributed by atoms with Gasteiger partial charge >= 0.3 is 162 Å². The van der Waals surface area contributed by atoms with Gasteiger partial charge in [-0.25, -0.2) is 0 Å². The zero-order valence-electron chi connectivity index (χ0n) is 31.6. The molecule has 438 valence electrons. The molecule has 0 atom stereocenters. The van der Waals surface area contributed by atoms with Crippen molar-refractivity contribution in [2.75, 3.05) is 0 Å². The minimum Gasteiger partial charge on any atom is -0.275 e. The van der Waals surface area contributed by atoms with Crippen LogP contribution in [0.25, 0.3) is 0 Å². The SMILES string of the molecule is O=S(=O)(O[SiH](OS(=O)(=O)C(F)(F)F)c1cc([SiH](OS(=O)(=O)C(F)(F)F)OS(=O)(=O)C(F)(F)F)c([SiH](OS(=O)(=O)C(F)(F)F)OS(=O)(=O)C(F)(F)F)cc1[SiH](OS(=O)(=O)C(F)(F)F)OS(=O)(=O)C(F)(F)F)C(F)(F)F. The van der Waals surface area contributed by atoms with Gasteiger partial charge in [-0.2, -0.15) is 173 Å². The van der Waals surface area contributed by atoms with Crippen molar-refractivity contribution in [1.82, 2.24) is 0 Å². The predicted octanol–water partition coefficient (Wildman–Crippen LogP) is -1.67. The van der Waals surface area contributed by atoms with Crippen molar-refractivity contribution in [2.24, 2.45) is 0 Å². The van der Waals surface area contributed by atoms with Crippen molar-refractivity contribution >= 4 is 139 Å². The second-order valence-electron chi connectivity index (χ2n) is 11.4. The van der Waals surface area contributed by atoms with Crippen molar-refractivity contribution in [3.63, 3.8) is 0 Å². The summed E-state index contributed by atoms with van der Waals surface area (Å²) in [6.07, 6.45) is 0. The average Bonchev–Trinajstić information content (AvgIpc) is 3.08. The Bertz CT molecular complexity index is 2590. The minimum atomic E-state index is -8.41. The largest absolute Gasteiger partial charge is 0.522 e. The molecule has 0 spiro atoms. The van der Waals surface area contributed by atoms with Gasteiger partial charge in [-0.15, -0.1) is 0 Å². The van der Waals surface area contributed by atoms with E-state index in [9.17, 15) is 173 Å². The molecule has 0 aliphatic heterocycles. The van der Waals surface area contributed by atoms with E-state index in [1.54, 1.807) is 0 Å². The van der Waals surface area contributed by atoms with Crippen LogP contribution < -0.4 is 20.7 Å². The molecule has 0 bridgehead atoms. The maximum absolute atomic E-state index is 13.6. The summed E-state index contributed by atoms with van der Waals surface area (Å²) in [5.74, 6) is 0. The number of benzene rings is 1. The van der Waals surface area contributed by atoms with Crippen LogP contribution in [0.3, 0.4) is 0 Å². The molecule has 0 aliphatic rings. The van der Waals surface area contributed by atoms with Crippen molar-refractivity contribution in [1.29, 1.82) is 0 Å². The van der Waals surface area contributed by atoms with Gasteiger partial charge in [0.25, 0.3) is 0 Å². The first-order chi connectivity index (χ1) is 31.7. The number of rotatable bonds is 20. The van der Waals surface area contributed by atoms with Crippen LogP contribution >= 0.6 is 0 Å². The van der Waals surface area contributed by atoms with Crippen LogP contribution in [0, 0.1) is 0 Å². The van der Waals surface area contributed by atoms with E-state index >= 15 is 0 Å². The normalized spacial score (nSPS) is 15.7. The van der Waals surface area contributed by atoms with E-state index in [0.717, 1.165) is 0 Å². The molecular weight excluding hydrogens is 1380 g/mol. The molecule has 0 amide bonds. The van der Waals surface area contributed by atoms with E-state index in [-0.39, 0.29) is 0 Å². The summed E-state index contributed by atoms with van der Waals surface area (Å²) in [5.41, 5.74) is -60.0. The summed E-state index contributed by atoms with van der Waals surface area (Å²) in [6, 6.07) is -4.07. The summed E-state index contributed by atoms with van der Waals surface area (Å²) in [7, 11) is -99.2. The van der Waals surface area contributed by atoms with Crippen LogP contribution in [0.2, 0.25) is 0 Å². The lowest BCUT2D eigenvalue weighted by Crippen LogP contribution is -2.65. The fourth-order valence-corrected chi connectivity index (χ4v) is 23.9. The third-order valence-electron chi connectivity index (χ3n) is 6.28. The second kappa shape index (κ2) is 21.1. The smallest absolute Gasteiger partial charge is 0.275 e. The molecule has 1 aromatic carbocycles. The molecule has 0 aromatic heterocycles. The van der Waals surface area contributed by atoms with E-state index < -0.39 is 195 Å². The maximum Gasteiger partial charge on any atom is 0.522 e. The summed E-state index contributed by atoms with van der Waals surface area (Å²) >= 11 is 0. The first-order valence-corrected chi connectivity index (χ1v) is 32.2. The standard InChI is InChI=1S/C14H6F24O24S8Si4/c15-7(16,17)63(39,40)55-71(56-64(41,42)8(18,19)20)3-1-4(72(57-65(43,44)9(21,22)23)58-66(45,46)10(24,25)26)6(74(61-69(51,52)13(33,34)35)62-70(53,54)14(36,37)38)2-5(3)73(59-67(47,48)11(27,28)29)60-68(49,50)12(30,31)32/h1-2,71-74H. The lowest BCUT2D eigenvalue weighted by atomic mass is 10.3. The van der Waals surface area contributed by atoms with E-state index in [1.165, 1.54) is 0 Å². The van der Waals surface area contributed by atoms with E-state index in [1.807, 2.05) is 0 Å². The highest BCUT2D eigenvalue weighted by atomic mass is 32.3. The number of alkyl halides is 24. The highest BCUT2D eigenvalue weighted by Crippen LogP contribution is 2.34. The molecule has 0 heterocycles. The topological polar surface area (TPSA) is 347 Å². The van der Waals surface area contributed by atoms with Gasteiger partial charge in [-0.3, -0.25) is 31.0 Å². The minimum absolute atomic E-state index is 2.03. The summed E-state index contributed by atoms with van der Waals surface area (Å²) in [6.45, 7) is 0. The Hall–Kier alpha value is -2.31. The van der Waals surface area contributed by atoms with Crippen LogP contribution in [-0.2, 0) is 112 Å². The van der Waals surface area contributed by atoms with Crippen LogP contribution in [-0.4, -0.2) is 149 Å². The monoisotopic (exact) mass is 1380 g/mol. The quantitative estimate of drug-likeness (QED) is 0.0800. The van der Waals surface area contributed by atoms with E-state index in [4.69, 9.17) is 0 Å². The Balaban J connectivity index is 5.79. The molecule has 0 saturated carbocycles. The van der Waals surface area contributed by atoms with Gasteiger partial charge < -0.3 is 0 Å². The first-order valence-electron chi connectivity index (χ1n) is 14.9. The van der Waals surface area contributed by atoms with Crippen LogP contribution in [0.4, 0.5) is 105 Å². The number of hydrogen-bond donors (Lipinski definition) is 0. The van der Waals surface area contributed by atoms with Crippen LogP contribution in [0.15, 0.2) is 12.1 Å². The Labute approximate surface area is 397 Å². The Morgan fingerprint density at radius 2 is 0.297 bits per heavy atom. The Morgan fingerprint density at radius 1 is 0.216 bits per heavy atom. The highest BCUT2D eigenvalue weighted by Gasteiger charge is 2.61. The highest BCUT2D eigenvalue weighted by molar-refractivity contribution is 7.92. The molecule has 1 rings (SSSR count). The zero-order chi connectivity index (χ0) is 59.7. The van der Waals surface area contributed by atoms with Crippen molar-refractivity contribution in [2.45, 2.75) is 44.1 Å². The Kier molecular flexibility index (Phi) is 19.8. The fraction of sp³-hybridized carbons (Fsp3) is 0.571. The van der Waals surface area contributed by atoms with Gasteiger partial charge in [0, 0.05) is 0 Å². The number of hydrogen-bond acceptors (Lipinski definition) is 24. The molecule has 0 aliphatic carbocycles. The van der Waals surface area contributed by atoms with Gasteiger partial charge in [0.1, 0.15) is 0 Å². The van der Waals surface area contributed by atoms with Gasteiger partial charge in [-0.1, -0.05) is 12.1 Å². The maximum atomic E-state index is 13.6.